The number of hydrogen-bond donors (Lipinski definition) is 2. The van der Waals surface area contributed by atoms with Gasteiger partial charge in [0.15, 0.2) is 11.6 Å². The summed E-state index contributed by atoms with van der Waals surface area (Å²) < 4.78 is 1.89. The van der Waals surface area contributed by atoms with Crippen molar-refractivity contribution >= 4 is 6.03 Å². The second-order valence-electron chi connectivity index (χ2n) is 3.94. The van der Waals surface area contributed by atoms with E-state index in [0.717, 1.165) is 0 Å². The van der Waals surface area contributed by atoms with Crippen molar-refractivity contribution < 1.29 is 4.79 Å². The summed E-state index contributed by atoms with van der Waals surface area (Å²) >= 11 is 0. The van der Waals surface area contributed by atoms with Crippen LogP contribution in [0.25, 0.3) is 11.6 Å². The van der Waals surface area contributed by atoms with Crippen LogP contribution in [-0.2, 0) is 6.54 Å². The molecule has 20 heavy (non-hydrogen) atoms. The molecule has 7 heteroatoms. The van der Waals surface area contributed by atoms with Crippen LogP contribution in [0.3, 0.4) is 0 Å². The van der Waals surface area contributed by atoms with Gasteiger partial charge in [0.25, 0.3) is 0 Å². The molecule has 0 atom stereocenters. The van der Waals surface area contributed by atoms with Gasteiger partial charge in [0.1, 0.15) is 0 Å². The zero-order valence-electron chi connectivity index (χ0n) is 11.0. The number of nitrogens with one attached hydrogen (secondary N) is 2. The number of nitrogens with zero attached hydrogens (tertiary/aromatic N) is 4. The van der Waals surface area contributed by atoms with Crippen LogP contribution in [0.2, 0.25) is 0 Å². The third-order valence-corrected chi connectivity index (χ3v) is 2.53. The Balaban J connectivity index is 1.90. The predicted molar refractivity (Wildman–Crippen MR) is 74.9 cm³/mol. The molecule has 2 aromatic rings. The van der Waals surface area contributed by atoms with Crippen molar-refractivity contribution in [3.63, 3.8) is 0 Å². The molecule has 2 amide bonds. The minimum Gasteiger partial charge on any atom is -0.336 e. The lowest BCUT2D eigenvalue weighted by atomic mass is 10.5. The van der Waals surface area contributed by atoms with Crippen LogP contribution >= 0.6 is 0 Å². The number of hydrogen-bond acceptors (Lipinski definition) is 4. The molecule has 0 fully saturated rings. The van der Waals surface area contributed by atoms with Crippen molar-refractivity contribution in [1.29, 1.82) is 0 Å². The molecule has 0 aromatic carbocycles. The number of amides is 2. The van der Waals surface area contributed by atoms with Crippen LogP contribution in [0, 0.1) is 0 Å². The maximum atomic E-state index is 11.4. The molecule has 2 heterocycles. The Morgan fingerprint density at radius 2 is 2.05 bits per heavy atom. The lowest BCUT2D eigenvalue weighted by Gasteiger charge is -2.08. The summed E-state index contributed by atoms with van der Waals surface area (Å²) in [4.78, 5) is 23.9. The average molecular weight is 272 g/mol. The Morgan fingerprint density at radius 1 is 1.25 bits per heavy atom. The molecule has 0 aliphatic rings. The van der Waals surface area contributed by atoms with Crippen LogP contribution in [0.1, 0.15) is 0 Å². The number of imidazole rings is 1. The highest BCUT2D eigenvalue weighted by molar-refractivity contribution is 5.73. The molecule has 2 rings (SSSR count). The van der Waals surface area contributed by atoms with E-state index in [1.165, 1.54) is 0 Å². The monoisotopic (exact) mass is 272 g/mol. The van der Waals surface area contributed by atoms with Gasteiger partial charge in [-0.1, -0.05) is 6.08 Å². The van der Waals surface area contributed by atoms with E-state index < -0.39 is 0 Å². The van der Waals surface area contributed by atoms with Gasteiger partial charge >= 0.3 is 6.03 Å². The molecule has 2 N–H and O–H groups in total. The second-order valence-corrected chi connectivity index (χ2v) is 3.94. The molecule has 0 aliphatic carbocycles. The molecule has 7 nitrogen and oxygen atoms in total. The lowest BCUT2D eigenvalue weighted by molar-refractivity contribution is 0.241. The first-order valence-electron chi connectivity index (χ1n) is 6.22. The van der Waals surface area contributed by atoms with E-state index in [0.29, 0.717) is 31.3 Å². The minimum atomic E-state index is -0.220. The number of urea groups is 1. The predicted octanol–water partition coefficient (Wildman–Crippen LogP) is 0.825. The van der Waals surface area contributed by atoms with Crippen molar-refractivity contribution in [2.45, 2.75) is 6.54 Å². The number of rotatable bonds is 6. The molecule has 0 bridgehead atoms. The maximum Gasteiger partial charge on any atom is 0.315 e. The fourth-order valence-electron chi connectivity index (χ4n) is 1.63. The van der Waals surface area contributed by atoms with Gasteiger partial charge in [0.2, 0.25) is 0 Å². The Kier molecular flexibility index (Phi) is 4.82. The third-order valence-electron chi connectivity index (χ3n) is 2.53. The van der Waals surface area contributed by atoms with Gasteiger partial charge in [-0.2, -0.15) is 0 Å². The van der Waals surface area contributed by atoms with Gasteiger partial charge in [-0.05, 0) is 6.07 Å². The fraction of sp³-hybridized carbons (Fsp3) is 0.231. The summed E-state index contributed by atoms with van der Waals surface area (Å²) in [6.07, 6.45) is 8.48. The molecule has 0 spiro atoms. The van der Waals surface area contributed by atoms with Crippen molar-refractivity contribution in [3.05, 3.63) is 43.5 Å². The Hall–Kier alpha value is -2.70. The molecule has 0 saturated carbocycles. The third kappa shape index (κ3) is 3.64. The zero-order valence-corrected chi connectivity index (χ0v) is 11.0. The van der Waals surface area contributed by atoms with E-state index >= 15 is 0 Å². The Labute approximate surface area is 116 Å². The van der Waals surface area contributed by atoms with Crippen LogP contribution in [0.15, 0.2) is 43.5 Å². The Morgan fingerprint density at radius 3 is 2.80 bits per heavy atom. The Bertz CT molecular complexity index is 565. The van der Waals surface area contributed by atoms with Crippen LogP contribution in [-0.4, -0.2) is 38.6 Å². The summed E-state index contributed by atoms with van der Waals surface area (Å²) in [6.45, 7) is 5.05. The summed E-state index contributed by atoms with van der Waals surface area (Å²) in [5, 5.41) is 5.39. The molecule has 2 aromatic heterocycles. The SMILES string of the molecule is C=CCNC(=O)NCCn1ccnc1-c1ncccn1. The van der Waals surface area contributed by atoms with E-state index in [1.54, 1.807) is 30.7 Å². The topological polar surface area (TPSA) is 84.7 Å². The van der Waals surface area contributed by atoms with E-state index in [4.69, 9.17) is 0 Å². The minimum absolute atomic E-state index is 0.220. The van der Waals surface area contributed by atoms with Crippen molar-refractivity contribution in [1.82, 2.24) is 30.2 Å². The van der Waals surface area contributed by atoms with Gasteiger partial charge in [0.05, 0.1) is 0 Å². The van der Waals surface area contributed by atoms with Crippen LogP contribution < -0.4 is 10.6 Å². The van der Waals surface area contributed by atoms with Crippen LogP contribution in [0.4, 0.5) is 4.79 Å². The van der Waals surface area contributed by atoms with E-state index in [1.807, 2.05) is 10.8 Å². The fourth-order valence-corrected chi connectivity index (χ4v) is 1.63. The first kappa shape index (κ1) is 13.7. The molecule has 0 aliphatic heterocycles. The molecule has 0 unspecified atom stereocenters. The molecule has 0 saturated heterocycles. The first-order valence-corrected chi connectivity index (χ1v) is 6.22. The lowest BCUT2D eigenvalue weighted by Crippen LogP contribution is -2.37. The van der Waals surface area contributed by atoms with Crippen molar-refractivity contribution in [2.24, 2.45) is 0 Å². The zero-order chi connectivity index (χ0) is 14.2. The molecular weight excluding hydrogens is 256 g/mol. The summed E-state index contributed by atoms with van der Waals surface area (Å²) in [5.41, 5.74) is 0. The second kappa shape index (κ2) is 7.03. The number of aromatic nitrogens is 4. The highest BCUT2D eigenvalue weighted by atomic mass is 16.2. The smallest absolute Gasteiger partial charge is 0.315 e. The molecular formula is C13H16N6O. The quantitative estimate of drug-likeness (QED) is 0.763. The molecule has 0 radical (unpaired) electrons. The van der Waals surface area contributed by atoms with Gasteiger partial charge in [0, 0.05) is 44.4 Å². The van der Waals surface area contributed by atoms with Crippen molar-refractivity contribution in [2.75, 3.05) is 13.1 Å². The normalized spacial score (nSPS) is 10.0. The largest absolute Gasteiger partial charge is 0.336 e. The van der Waals surface area contributed by atoms with Crippen LogP contribution in [0.5, 0.6) is 0 Å². The average Bonchev–Trinajstić information content (AvgIpc) is 2.94. The van der Waals surface area contributed by atoms with Gasteiger partial charge in [-0.25, -0.2) is 19.7 Å². The molecule has 104 valence electrons. The van der Waals surface area contributed by atoms with E-state index in [2.05, 4.69) is 32.2 Å². The van der Waals surface area contributed by atoms with E-state index in [-0.39, 0.29) is 6.03 Å². The summed E-state index contributed by atoms with van der Waals surface area (Å²) in [7, 11) is 0. The number of carbonyl (C=O) groups excluding carboxylic acids is 1. The first-order chi connectivity index (χ1) is 9.81. The number of carbonyl (C=O) groups is 1. The summed E-state index contributed by atoms with van der Waals surface area (Å²) in [5.74, 6) is 1.24. The standard InChI is InChI=1S/C13H16N6O/c1-2-4-17-13(20)18-8-10-19-9-7-16-12(19)11-14-5-3-6-15-11/h2-3,5-7,9H,1,4,8,10H2,(H2,17,18,20). The van der Waals surface area contributed by atoms with Crippen molar-refractivity contribution in [3.8, 4) is 11.6 Å². The summed E-state index contributed by atoms with van der Waals surface area (Å²) in [6, 6.07) is 1.53. The highest BCUT2D eigenvalue weighted by Gasteiger charge is 2.08. The highest BCUT2D eigenvalue weighted by Crippen LogP contribution is 2.10. The maximum absolute atomic E-state index is 11.4. The van der Waals surface area contributed by atoms with Gasteiger partial charge in [-0.15, -0.1) is 6.58 Å². The van der Waals surface area contributed by atoms with E-state index in [9.17, 15) is 4.79 Å². The van der Waals surface area contributed by atoms with Gasteiger partial charge < -0.3 is 15.2 Å². The van der Waals surface area contributed by atoms with Gasteiger partial charge in [-0.3, -0.25) is 0 Å².